The number of carbonyl (C=O) groups excluding carboxylic acids is 1. The maximum atomic E-state index is 11.5. The number of esters is 1. The van der Waals surface area contributed by atoms with E-state index in [1.165, 1.54) is 0 Å². The smallest absolute Gasteiger partial charge is 0.338 e. The Hall–Kier alpha value is -1.84. The number of ether oxygens (including phenoxy) is 1. The molecule has 1 rings (SSSR count). The fraction of sp³-hybridized carbons (Fsp3) is 0.385. The summed E-state index contributed by atoms with van der Waals surface area (Å²) in [6, 6.07) is 6.43. The molecule has 0 aliphatic rings. The molecule has 4 nitrogen and oxygen atoms in total. The van der Waals surface area contributed by atoms with Crippen molar-refractivity contribution in [3.8, 4) is 0 Å². The van der Waals surface area contributed by atoms with Gasteiger partial charge in [-0.3, -0.25) is 4.79 Å². The molecule has 1 aromatic carbocycles. The van der Waals surface area contributed by atoms with Crippen LogP contribution in [-0.2, 0) is 9.53 Å². The van der Waals surface area contributed by atoms with E-state index in [1.54, 1.807) is 45.0 Å². The van der Waals surface area contributed by atoms with E-state index in [1.807, 2.05) is 0 Å². The van der Waals surface area contributed by atoms with Crippen molar-refractivity contribution < 1.29 is 19.4 Å². The quantitative estimate of drug-likeness (QED) is 0.815. The number of aliphatic carboxylic acids is 1. The minimum absolute atomic E-state index is 0.167. The monoisotopic (exact) mass is 236 g/mol. The summed E-state index contributed by atoms with van der Waals surface area (Å²) in [6.07, 6.45) is -0.167. The van der Waals surface area contributed by atoms with Gasteiger partial charge in [-0.15, -0.1) is 0 Å². The molecule has 0 spiro atoms. The van der Waals surface area contributed by atoms with Crippen molar-refractivity contribution in [2.24, 2.45) is 0 Å². The highest BCUT2D eigenvalue weighted by molar-refractivity contribution is 5.89. The summed E-state index contributed by atoms with van der Waals surface area (Å²) >= 11 is 0. The molecule has 0 saturated carbocycles. The Morgan fingerprint density at radius 3 is 2.06 bits per heavy atom. The minimum atomic E-state index is -0.887. The molecule has 4 heteroatoms. The minimum Gasteiger partial charge on any atom is -0.481 e. The molecule has 0 bridgehead atoms. The summed E-state index contributed by atoms with van der Waals surface area (Å²) in [4.78, 5) is 22.3. The lowest BCUT2D eigenvalue weighted by molar-refractivity contribution is -0.138. The third-order valence-corrected chi connectivity index (χ3v) is 2.36. The molecule has 0 aliphatic heterocycles. The van der Waals surface area contributed by atoms with Gasteiger partial charge in [-0.05, 0) is 38.5 Å². The Morgan fingerprint density at radius 1 is 1.12 bits per heavy atom. The zero-order valence-electron chi connectivity index (χ0n) is 10.1. The Morgan fingerprint density at radius 2 is 1.65 bits per heavy atom. The molecule has 92 valence electrons. The Kier molecular flexibility index (Phi) is 4.26. The summed E-state index contributed by atoms with van der Waals surface area (Å²) in [7, 11) is 0. The van der Waals surface area contributed by atoms with Crippen molar-refractivity contribution >= 4 is 11.9 Å². The van der Waals surface area contributed by atoms with E-state index in [2.05, 4.69) is 0 Å². The van der Waals surface area contributed by atoms with E-state index >= 15 is 0 Å². The fourth-order valence-corrected chi connectivity index (χ4v) is 1.33. The first kappa shape index (κ1) is 13.2. The predicted octanol–water partition coefficient (Wildman–Crippen LogP) is 2.44. The number of benzene rings is 1. The van der Waals surface area contributed by atoms with E-state index in [0.717, 1.165) is 0 Å². The van der Waals surface area contributed by atoms with Crippen LogP contribution in [0.2, 0.25) is 0 Å². The predicted molar refractivity (Wildman–Crippen MR) is 63.0 cm³/mol. The molecule has 0 fully saturated rings. The van der Waals surface area contributed by atoms with Crippen LogP contribution in [0.3, 0.4) is 0 Å². The lowest BCUT2D eigenvalue weighted by atomic mass is 10.0. The molecule has 0 amide bonds. The van der Waals surface area contributed by atoms with Gasteiger partial charge >= 0.3 is 11.9 Å². The van der Waals surface area contributed by atoms with Crippen LogP contribution in [0.1, 0.15) is 42.6 Å². The lowest BCUT2D eigenvalue weighted by Crippen LogP contribution is -2.12. The third kappa shape index (κ3) is 3.59. The van der Waals surface area contributed by atoms with Crippen molar-refractivity contribution in [3.63, 3.8) is 0 Å². The average Bonchev–Trinajstić information content (AvgIpc) is 2.27. The third-order valence-electron chi connectivity index (χ3n) is 2.36. The number of carboxylic acids is 1. The molecular formula is C13H16O4. The second kappa shape index (κ2) is 5.48. The first-order valence-corrected chi connectivity index (χ1v) is 5.45. The van der Waals surface area contributed by atoms with E-state index in [-0.39, 0.29) is 6.10 Å². The molecule has 0 radical (unpaired) electrons. The molecule has 1 aromatic rings. The largest absolute Gasteiger partial charge is 0.481 e. The average molecular weight is 236 g/mol. The normalized spacial score (nSPS) is 12.2. The number of rotatable bonds is 4. The van der Waals surface area contributed by atoms with Gasteiger partial charge in [0.2, 0.25) is 0 Å². The number of carboxylic acid groups (broad SMARTS) is 1. The van der Waals surface area contributed by atoms with E-state index < -0.39 is 17.9 Å². The highest BCUT2D eigenvalue weighted by Crippen LogP contribution is 2.16. The lowest BCUT2D eigenvalue weighted by Gasteiger charge is -2.09. The van der Waals surface area contributed by atoms with Crippen molar-refractivity contribution in [3.05, 3.63) is 35.4 Å². The highest BCUT2D eigenvalue weighted by Gasteiger charge is 2.15. The van der Waals surface area contributed by atoms with Gasteiger partial charge < -0.3 is 9.84 Å². The Bertz CT molecular complexity index is 406. The number of hydrogen-bond acceptors (Lipinski definition) is 3. The van der Waals surface area contributed by atoms with Crippen LogP contribution in [0.5, 0.6) is 0 Å². The number of carbonyl (C=O) groups is 2. The zero-order valence-corrected chi connectivity index (χ0v) is 10.1. The van der Waals surface area contributed by atoms with Crippen LogP contribution in [-0.4, -0.2) is 23.1 Å². The molecule has 1 unspecified atom stereocenters. The van der Waals surface area contributed by atoms with E-state index in [4.69, 9.17) is 9.84 Å². The van der Waals surface area contributed by atoms with Gasteiger partial charge in [0.25, 0.3) is 0 Å². The van der Waals surface area contributed by atoms with Gasteiger partial charge in [-0.2, -0.15) is 0 Å². The molecule has 0 aromatic heterocycles. The van der Waals surface area contributed by atoms with E-state index in [9.17, 15) is 9.59 Å². The summed E-state index contributed by atoms with van der Waals surface area (Å²) in [6.45, 7) is 5.15. The van der Waals surface area contributed by atoms with Crippen molar-refractivity contribution in [1.82, 2.24) is 0 Å². The maximum absolute atomic E-state index is 11.5. The zero-order chi connectivity index (χ0) is 13.0. The maximum Gasteiger partial charge on any atom is 0.338 e. The standard InChI is InChI=1S/C13H16O4/c1-8(2)17-13(16)11-6-4-10(5-7-11)9(3)12(14)15/h4-9H,1-3H3,(H,14,15). The van der Waals surface area contributed by atoms with Crippen LogP contribution >= 0.6 is 0 Å². The first-order valence-electron chi connectivity index (χ1n) is 5.45. The second-order valence-corrected chi connectivity index (χ2v) is 4.14. The van der Waals surface area contributed by atoms with Crippen LogP contribution < -0.4 is 0 Å². The van der Waals surface area contributed by atoms with Crippen molar-refractivity contribution in [2.45, 2.75) is 32.8 Å². The van der Waals surface area contributed by atoms with Crippen molar-refractivity contribution in [1.29, 1.82) is 0 Å². The van der Waals surface area contributed by atoms with E-state index in [0.29, 0.717) is 11.1 Å². The Balaban J connectivity index is 2.81. The second-order valence-electron chi connectivity index (χ2n) is 4.14. The van der Waals surface area contributed by atoms with Crippen LogP contribution in [0, 0.1) is 0 Å². The molecular weight excluding hydrogens is 220 g/mol. The molecule has 1 N–H and O–H groups in total. The van der Waals surface area contributed by atoms with Crippen LogP contribution in [0.15, 0.2) is 24.3 Å². The molecule has 0 heterocycles. The summed E-state index contributed by atoms with van der Waals surface area (Å²) in [5, 5.41) is 8.84. The number of hydrogen-bond donors (Lipinski definition) is 1. The topological polar surface area (TPSA) is 63.6 Å². The van der Waals surface area contributed by atoms with Crippen LogP contribution in [0.4, 0.5) is 0 Å². The van der Waals surface area contributed by atoms with Gasteiger partial charge in [-0.25, -0.2) is 4.79 Å². The van der Waals surface area contributed by atoms with Gasteiger partial charge in [-0.1, -0.05) is 12.1 Å². The summed E-state index contributed by atoms with van der Waals surface area (Å²) in [5.41, 5.74) is 1.10. The van der Waals surface area contributed by atoms with Gasteiger partial charge in [0, 0.05) is 0 Å². The van der Waals surface area contributed by atoms with Crippen LogP contribution in [0.25, 0.3) is 0 Å². The highest BCUT2D eigenvalue weighted by atomic mass is 16.5. The fourth-order valence-electron chi connectivity index (χ4n) is 1.33. The first-order chi connectivity index (χ1) is 7.91. The van der Waals surface area contributed by atoms with Gasteiger partial charge in [0.1, 0.15) is 0 Å². The molecule has 0 aliphatic carbocycles. The molecule has 1 atom stereocenters. The Labute approximate surface area is 100 Å². The van der Waals surface area contributed by atoms with Gasteiger partial charge in [0.15, 0.2) is 0 Å². The summed E-state index contributed by atoms with van der Waals surface area (Å²) in [5.74, 6) is -1.86. The summed E-state index contributed by atoms with van der Waals surface area (Å²) < 4.78 is 5.03. The molecule has 17 heavy (non-hydrogen) atoms. The molecule has 0 saturated heterocycles. The van der Waals surface area contributed by atoms with Gasteiger partial charge in [0.05, 0.1) is 17.6 Å². The van der Waals surface area contributed by atoms with Crippen molar-refractivity contribution in [2.75, 3.05) is 0 Å². The SMILES string of the molecule is CC(C)OC(=O)c1ccc(C(C)C(=O)O)cc1.